The van der Waals surface area contributed by atoms with E-state index >= 15 is 0 Å². The van der Waals surface area contributed by atoms with Crippen LogP contribution in [-0.4, -0.2) is 27.7 Å². The zero-order chi connectivity index (χ0) is 19.7. The van der Waals surface area contributed by atoms with Gasteiger partial charge in [-0.1, -0.05) is 36.4 Å². The molecule has 0 bridgehead atoms. The second-order valence-electron chi connectivity index (χ2n) is 7.21. The number of nitrogens with one attached hydrogen (secondary N) is 2. The molecule has 4 N–H and O–H groups in total. The summed E-state index contributed by atoms with van der Waals surface area (Å²) in [4.78, 5) is 32.4. The molecular formula is C22H22N4O2. The monoisotopic (exact) mass is 374 g/mol. The molecule has 2 aromatic carbocycles. The Labute approximate surface area is 163 Å². The average Bonchev–Trinajstić information content (AvgIpc) is 3.41. The summed E-state index contributed by atoms with van der Waals surface area (Å²) in [6.45, 7) is 1.93. The highest BCUT2D eigenvalue weighted by atomic mass is 16.1. The van der Waals surface area contributed by atoms with Crippen molar-refractivity contribution in [1.29, 1.82) is 0 Å². The molecule has 4 rings (SSSR count). The highest BCUT2D eigenvalue weighted by Crippen LogP contribution is 2.26. The van der Waals surface area contributed by atoms with Crippen LogP contribution in [0.5, 0.6) is 0 Å². The van der Waals surface area contributed by atoms with Crippen LogP contribution >= 0.6 is 0 Å². The number of ketones is 1. The van der Waals surface area contributed by atoms with Gasteiger partial charge in [0, 0.05) is 23.6 Å². The summed E-state index contributed by atoms with van der Waals surface area (Å²) < 4.78 is 0. The van der Waals surface area contributed by atoms with Crippen LogP contribution in [0.25, 0.3) is 11.4 Å². The second kappa shape index (κ2) is 7.31. The Bertz CT molecular complexity index is 1040. The number of nitrogen functional groups attached to an aromatic ring is 1. The molecule has 1 saturated carbocycles. The fourth-order valence-corrected chi connectivity index (χ4v) is 3.11. The van der Waals surface area contributed by atoms with Crippen molar-refractivity contribution < 1.29 is 9.59 Å². The number of amides is 1. The van der Waals surface area contributed by atoms with Gasteiger partial charge in [0.2, 0.25) is 0 Å². The van der Waals surface area contributed by atoms with E-state index in [0.717, 1.165) is 29.5 Å². The summed E-state index contributed by atoms with van der Waals surface area (Å²) in [7, 11) is 0. The fourth-order valence-electron chi connectivity index (χ4n) is 3.11. The standard InChI is InChI=1S/C22H22N4O2/c1-13-7-8-15(22(28)24-16-9-10-16)12-17(13)21-25-19(20(23)26-21)18(27)11-14-5-3-2-4-6-14/h2-8,12,16H,9-11,23H2,1H3,(H,24,28)(H,25,26). The van der Waals surface area contributed by atoms with E-state index < -0.39 is 0 Å². The lowest BCUT2D eigenvalue weighted by Gasteiger charge is -2.07. The number of Topliss-reactive ketones (excluding diaryl/α,β-unsaturated/α-hetero) is 1. The van der Waals surface area contributed by atoms with Crippen molar-refractivity contribution in [3.05, 3.63) is 70.9 Å². The summed E-state index contributed by atoms with van der Waals surface area (Å²) >= 11 is 0. The number of aromatic nitrogens is 2. The lowest BCUT2D eigenvalue weighted by atomic mass is 10.0. The minimum absolute atomic E-state index is 0.0938. The number of aromatic amines is 1. The first kappa shape index (κ1) is 18.0. The van der Waals surface area contributed by atoms with Gasteiger partial charge in [-0.15, -0.1) is 0 Å². The van der Waals surface area contributed by atoms with Crippen LogP contribution in [-0.2, 0) is 6.42 Å². The summed E-state index contributed by atoms with van der Waals surface area (Å²) in [5, 5.41) is 2.98. The van der Waals surface area contributed by atoms with Crippen LogP contribution in [0.4, 0.5) is 5.82 Å². The van der Waals surface area contributed by atoms with Gasteiger partial charge in [0.25, 0.3) is 5.91 Å². The van der Waals surface area contributed by atoms with Gasteiger partial charge in [0.15, 0.2) is 5.78 Å². The van der Waals surface area contributed by atoms with Crippen molar-refractivity contribution in [2.45, 2.75) is 32.2 Å². The number of nitrogens with two attached hydrogens (primary N) is 1. The van der Waals surface area contributed by atoms with Crippen LogP contribution in [0.2, 0.25) is 0 Å². The highest BCUT2D eigenvalue weighted by Gasteiger charge is 2.24. The van der Waals surface area contributed by atoms with Crippen LogP contribution in [0.3, 0.4) is 0 Å². The number of imidazole rings is 1. The molecule has 1 amide bonds. The third kappa shape index (κ3) is 3.81. The zero-order valence-electron chi connectivity index (χ0n) is 15.7. The van der Waals surface area contributed by atoms with Crippen molar-refractivity contribution in [3.63, 3.8) is 0 Å². The first-order valence-electron chi connectivity index (χ1n) is 9.36. The molecule has 0 saturated heterocycles. The van der Waals surface area contributed by atoms with Crippen LogP contribution in [0.1, 0.15) is 44.8 Å². The number of H-pyrrole nitrogens is 1. The number of nitrogens with zero attached hydrogens (tertiary/aromatic N) is 1. The molecule has 6 heteroatoms. The van der Waals surface area contributed by atoms with E-state index in [1.54, 1.807) is 12.1 Å². The molecule has 142 valence electrons. The lowest BCUT2D eigenvalue weighted by molar-refractivity contribution is 0.0949. The average molecular weight is 374 g/mol. The quantitative estimate of drug-likeness (QED) is 0.576. The maximum absolute atomic E-state index is 12.6. The second-order valence-corrected chi connectivity index (χ2v) is 7.21. The first-order chi connectivity index (χ1) is 13.5. The van der Waals surface area contributed by atoms with Crippen LogP contribution in [0, 0.1) is 6.92 Å². The van der Waals surface area contributed by atoms with Gasteiger partial charge >= 0.3 is 0 Å². The van der Waals surface area contributed by atoms with E-state index in [0.29, 0.717) is 17.4 Å². The van der Waals surface area contributed by atoms with Crippen molar-refractivity contribution >= 4 is 17.5 Å². The molecule has 0 spiro atoms. The van der Waals surface area contributed by atoms with E-state index in [4.69, 9.17) is 5.73 Å². The molecular weight excluding hydrogens is 352 g/mol. The van der Waals surface area contributed by atoms with E-state index in [1.165, 1.54) is 0 Å². The minimum Gasteiger partial charge on any atom is -0.383 e. The number of carbonyl (C=O) groups excluding carboxylic acids is 2. The van der Waals surface area contributed by atoms with E-state index in [2.05, 4.69) is 15.3 Å². The molecule has 28 heavy (non-hydrogen) atoms. The third-order valence-corrected chi connectivity index (χ3v) is 4.87. The third-order valence-electron chi connectivity index (χ3n) is 4.87. The van der Waals surface area contributed by atoms with Crippen molar-refractivity contribution in [3.8, 4) is 11.4 Å². The van der Waals surface area contributed by atoms with Crippen molar-refractivity contribution in [2.75, 3.05) is 5.73 Å². The number of benzene rings is 2. The molecule has 6 nitrogen and oxygen atoms in total. The molecule has 0 unspecified atom stereocenters. The Morgan fingerprint density at radius 1 is 1.18 bits per heavy atom. The zero-order valence-corrected chi connectivity index (χ0v) is 15.7. The topological polar surface area (TPSA) is 101 Å². The Morgan fingerprint density at radius 2 is 1.93 bits per heavy atom. The smallest absolute Gasteiger partial charge is 0.251 e. The maximum Gasteiger partial charge on any atom is 0.251 e. The van der Waals surface area contributed by atoms with Gasteiger partial charge in [-0.05, 0) is 43.0 Å². The van der Waals surface area contributed by atoms with E-state index in [1.807, 2.05) is 43.3 Å². The molecule has 0 radical (unpaired) electrons. The number of rotatable bonds is 6. The number of hydrogen-bond donors (Lipinski definition) is 3. The van der Waals surface area contributed by atoms with Gasteiger partial charge in [0.05, 0.1) is 0 Å². The Kier molecular flexibility index (Phi) is 4.69. The Hall–Kier alpha value is -3.41. The maximum atomic E-state index is 12.6. The molecule has 0 aliphatic heterocycles. The molecule has 1 fully saturated rings. The molecule has 0 atom stereocenters. The Morgan fingerprint density at radius 3 is 2.64 bits per heavy atom. The molecule has 3 aromatic rings. The van der Waals surface area contributed by atoms with Crippen LogP contribution < -0.4 is 11.1 Å². The molecule has 1 aromatic heterocycles. The SMILES string of the molecule is Cc1ccc(C(=O)NC2CC2)cc1-c1nc(C(=O)Cc2ccccc2)c(N)[nH]1. The summed E-state index contributed by atoms with van der Waals surface area (Å²) in [5.74, 6) is 0.491. The Balaban J connectivity index is 1.60. The summed E-state index contributed by atoms with van der Waals surface area (Å²) in [6, 6.07) is 15.2. The molecule has 1 heterocycles. The van der Waals surface area contributed by atoms with Crippen molar-refractivity contribution in [1.82, 2.24) is 15.3 Å². The number of aryl methyl sites for hydroxylation is 1. The van der Waals surface area contributed by atoms with E-state index in [9.17, 15) is 9.59 Å². The lowest BCUT2D eigenvalue weighted by Crippen LogP contribution is -2.25. The van der Waals surface area contributed by atoms with Gasteiger partial charge < -0.3 is 16.0 Å². The molecule has 1 aliphatic rings. The summed E-state index contributed by atoms with van der Waals surface area (Å²) in [5.41, 5.74) is 9.44. The molecule has 1 aliphatic carbocycles. The minimum atomic E-state index is -0.147. The van der Waals surface area contributed by atoms with Gasteiger partial charge in [-0.3, -0.25) is 9.59 Å². The summed E-state index contributed by atoms with van der Waals surface area (Å²) in [6.07, 6.45) is 2.30. The fraction of sp³-hybridized carbons (Fsp3) is 0.227. The normalized spacial score (nSPS) is 13.3. The first-order valence-corrected chi connectivity index (χ1v) is 9.36. The number of hydrogen-bond acceptors (Lipinski definition) is 4. The largest absolute Gasteiger partial charge is 0.383 e. The highest BCUT2D eigenvalue weighted by molar-refractivity contribution is 6.00. The number of carbonyl (C=O) groups is 2. The predicted molar refractivity (Wildman–Crippen MR) is 108 cm³/mol. The van der Waals surface area contributed by atoms with Crippen molar-refractivity contribution in [2.24, 2.45) is 0 Å². The number of anilines is 1. The van der Waals surface area contributed by atoms with Gasteiger partial charge in [0.1, 0.15) is 17.3 Å². The predicted octanol–water partition coefficient (Wildman–Crippen LogP) is 3.28. The van der Waals surface area contributed by atoms with Gasteiger partial charge in [-0.25, -0.2) is 4.98 Å². The van der Waals surface area contributed by atoms with Gasteiger partial charge in [-0.2, -0.15) is 0 Å². The van der Waals surface area contributed by atoms with E-state index in [-0.39, 0.29) is 29.6 Å². The van der Waals surface area contributed by atoms with Crippen LogP contribution in [0.15, 0.2) is 48.5 Å².